The van der Waals surface area contributed by atoms with Gasteiger partial charge in [-0.05, 0) is 37.1 Å². The fraction of sp³-hybridized carbons (Fsp3) is 0.333. The molecule has 0 spiro atoms. The molecule has 2 bridgehead atoms. The van der Waals surface area contributed by atoms with E-state index in [0.717, 1.165) is 41.5 Å². The quantitative estimate of drug-likeness (QED) is 0.509. The fourth-order valence-corrected chi connectivity index (χ4v) is 5.49. The number of piperidine rings is 3. The zero-order valence-electron chi connectivity index (χ0n) is 18.0. The number of hydrogen-bond acceptors (Lipinski definition) is 3. The zero-order chi connectivity index (χ0) is 21.4. The Hall–Kier alpha value is -2.98. The van der Waals surface area contributed by atoms with Crippen molar-refractivity contribution in [3.63, 3.8) is 0 Å². The highest BCUT2D eigenvalue weighted by atomic mass is 16.5. The predicted octanol–water partition coefficient (Wildman–Crippen LogP) is 3.92. The third-order valence-corrected chi connectivity index (χ3v) is 7.20. The summed E-state index contributed by atoms with van der Waals surface area (Å²) in [6.45, 7) is 8.28. The normalized spacial score (nSPS) is 25.8. The molecule has 3 aromatic rings. The minimum Gasteiger partial charge on any atom is -0.447 e. The zero-order valence-corrected chi connectivity index (χ0v) is 18.0. The minimum absolute atomic E-state index is 0.246. The van der Waals surface area contributed by atoms with Crippen LogP contribution in [0.15, 0.2) is 73.4 Å². The molecule has 1 N–H and O–H groups in total. The third-order valence-electron chi connectivity index (χ3n) is 7.20. The maximum absolute atomic E-state index is 13.2. The van der Waals surface area contributed by atoms with Crippen LogP contribution in [0.2, 0.25) is 0 Å². The lowest BCUT2D eigenvalue weighted by Gasteiger charge is -2.48. The first kappa shape index (κ1) is 20.0. The second-order valence-corrected chi connectivity index (χ2v) is 9.01. The van der Waals surface area contributed by atoms with E-state index in [1.807, 2.05) is 61.7 Å². The fourth-order valence-electron chi connectivity index (χ4n) is 5.49. The summed E-state index contributed by atoms with van der Waals surface area (Å²) < 4.78 is 6.32. The Morgan fingerprint density at radius 3 is 2.74 bits per heavy atom. The summed E-state index contributed by atoms with van der Waals surface area (Å²) in [6.07, 6.45) is 5.93. The lowest BCUT2D eigenvalue weighted by molar-refractivity contribution is -0.949. The summed E-state index contributed by atoms with van der Waals surface area (Å²) in [5.41, 5.74) is 3.73. The van der Waals surface area contributed by atoms with Crippen molar-refractivity contribution >= 4 is 16.9 Å². The SMILES string of the molecule is C=C[C@H]1C[NH+]2CC[C@@H]1C[C@@H]2[C@@H](OC(=O)c1ccc(C)cc1)c1ccnc2ccccc12. The molecule has 3 aliphatic rings. The van der Waals surface area contributed by atoms with Crippen LogP contribution < -0.4 is 4.90 Å². The van der Waals surface area contributed by atoms with Gasteiger partial charge in [0.2, 0.25) is 0 Å². The average Bonchev–Trinajstić information content (AvgIpc) is 2.82. The minimum atomic E-state index is -0.301. The highest BCUT2D eigenvalue weighted by Crippen LogP contribution is 2.36. The van der Waals surface area contributed by atoms with Gasteiger partial charge < -0.3 is 9.64 Å². The van der Waals surface area contributed by atoms with E-state index >= 15 is 0 Å². The first-order valence-corrected chi connectivity index (χ1v) is 11.2. The van der Waals surface area contributed by atoms with E-state index in [2.05, 4.69) is 23.7 Å². The number of aryl methyl sites for hydroxylation is 1. The van der Waals surface area contributed by atoms with Gasteiger partial charge in [0.25, 0.3) is 0 Å². The standard InChI is InChI=1S/C27H28N2O2/c1-3-19-17-29-15-13-21(19)16-25(29)26(31-27(30)20-10-8-18(2)9-11-20)23-12-14-28-24-7-5-4-6-22(23)24/h3-12,14,19,21,25-26H,1,13,15-17H2,2H3/p+1/t19-,21+,25+,26-/m0/s1. The first-order valence-electron chi connectivity index (χ1n) is 11.2. The number of hydrogen-bond donors (Lipinski definition) is 1. The van der Waals surface area contributed by atoms with Gasteiger partial charge in [-0.25, -0.2) is 4.79 Å². The number of ether oxygens (including phenoxy) is 1. The monoisotopic (exact) mass is 413 g/mol. The molecule has 31 heavy (non-hydrogen) atoms. The number of carbonyl (C=O) groups excluding carboxylic acids is 1. The van der Waals surface area contributed by atoms with Crippen LogP contribution in [0, 0.1) is 18.8 Å². The van der Waals surface area contributed by atoms with Crippen LogP contribution in [0.3, 0.4) is 0 Å². The number of esters is 1. The van der Waals surface area contributed by atoms with E-state index in [-0.39, 0.29) is 18.1 Å². The summed E-state index contributed by atoms with van der Waals surface area (Å²) >= 11 is 0. The van der Waals surface area contributed by atoms with Gasteiger partial charge in [0.15, 0.2) is 6.10 Å². The molecule has 1 unspecified atom stereocenters. The molecule has 4 nitrogen and oxygen atoms in total. The van der Waals surface area contributed by atoms with E-state index in [1.165, 1.54) is 11.3 Å². The van der Waals surface area contributed by atoms with Gasteiger partial charge >= 0.3 is 5.97 Å². The molecule has 4 heterocycles. The van der Waals surface area contributed by atoms with Gasteiger partial charge in [-0.15, -0.1) is 6.58 Å². The smallest absolute Gasteiger partial charge is 0.338 e. The van der Waals surface area contributed by atoms with Gasteiger partial charge in [-0.2, -0.15) is 0 Å². The van der Waals surface area contributed by atoms with Crippen LogP contribution in [0.25, 0.3) is 10.9 Å². The Morgan fingerprint density at radius 2 is 2.00 bits per heavy atom. The van der Waals surface area contributed by atoms with Crippen molar-refractivity contribution in [2.45, 2.75) is 31.9 Å². The molecule has 0 radical (unpaired) electrons. The Morgan fingerprint density at radius 1 is 1.19 bits per heavy atom. The van der Waals surface area contributed by atoms with Crippen molar-refractivity contribution in [3.05, 3.63) is 90.1 Å². The maximum atomic E-state index is 13.2. The highest BCUT2D eigenvalue weighted by molar-refractivity contribution is 5.90. The number of pyridine rings is 1. The number of rotatable bonds is 5. The second-order valence-electron chi connectivity index (χ2n) is 9.01. The number of para-hydroxylation sites is 1. The van der Waals surface area contributed by atoms with Gasteiger partial charge in [-0.3, -0.25) is 4.98 Å². The van der Waals surface area contributed by atoms with Crippen molar-refractivity contribution in [1.29, 1.82) is 0 Å². The van der Waals surface area contributed by atoms with Crippen LogP contribution in [0.5, 0.6) is 0 Å². The first-order chi connectivity index (χ1) is 15.1. The summed E-state index contributed by atoms with van der Waals surface area (Å²) in [5, 5.41) is 1.06. The number of carbonyl (C=O) groups is 1. The lowest BCUT2D eigenvalue weighted by Crippen LogP contribution is -3.20. The molecule has 158 valence electrons. The van der Waals surface area contributed by atoms with Crippen LogP contribution in [-0.2, 0) is 4.74 Å². The maximum Gasteiger partial charge on any atom is 0.338 e. The highest BCUT2D eigenvalue weighted by Gasteiger charge is 2.47. The average molecular weight is 414 g/mol. The molecule has 0 saturated carbocycles. The van der Waals surface area contributed by atoms with E-state index in [9.17, 15) is 4.79 Å². The molecule has 3 fully saturated rings. The van der Waals surface area contributed by atoms with Crippen LogP contribution in [-0.4, -0.2) is 30.1 Å². The topological polar surface area (TPSA) is 43.6 Å². The Kier molecular flexibility index (Phi) is 5.33. The van der Waals surface area contributed by atoms with Crippen molar-refractivity contribution in [2.75, 3.05) is 13.1 Å². The summed E-state index contributed by atoms with van der Waals surface area (Å²) in [4.78, 5) is 19.2. The van der Waals surface area contributed by atoms with Crippen molar-refractivity contribution in [1.82, 2.24) is 4.98 Å². The Bertz CT molecular complexity index is 1100. The van der Waals surface area contributed by atoms with Crippen molar-refractivity contribution in [3.8, 4) is 0 Å². The molecule has 6 rings (SSSR count). The largest absolute Gasteiger partial charge is 0.447 e. The van der Waals surface area contributed by atoms with Gasteiger partial charge in [-0.1, -0.05) is 42.0 Å². The van der Waals surface area contributed by atoms with Crippen molar-refractivity contribution in [2.24, 2.45) is 11.8 Å². The second kappa shape index (κ2) is 8.27. The predicted molar refractivity (Wildman–Crippen MR) is 122 cm³/mol. The number of quaternary nitrogens is 1. The molecule has 3 aliphatic heterocycles. The Balaban J connectivity index is 1.53. The molecular weight excluding hydrogens is 384 g/mol. The Labute approximate surface area is 183 Å². The molecule has 0 aliphatic carbocycles. The van der Waals surface area contributed by atoms with Crippen LogP contribution in [0.1, 0.15) is 40.4 Å². The number of fused-ring (bicyclic) bond motifs is 4. The van der Waals surface area contributed by atoms with E-state index in [0.29, 0.717) is 17.4 Å². The van der Waals surface area contributed by atoms with E-state index in [1.54, 1.807) is 0 Å². The van der Waals surface area contributed by atoms with Crippen LogP contribution in [0.4, 0.5) is 0 Å². The molecule has 0 amide bonds. The van der Waals surface area contributed by atoms with Gasteiger partial charge in [0.1, 0.15) is 6.04 Å². The number of aromatic nitrogens is 1. The van der Waals surface area contributed by atoms with Gasteiger partial charge in [0.05, 0.1) is 24.2 Å². The molecular formula is C27H29N2O2+. The molecule has 3 saturated heterocycles. The summed E-state index contributed by atoms with van der Waals surface area (Å²) in [7, 11) is 0. The molecule has 5 atom stereocenters. The number of benzene rings is 2. The van der Waals surface area contributed by atoms with E-state index < -0.39 is 0 Å². The summed E-state index contributed by atoms with van der Waals surface area (Å²) in [5.74, 6) is 0.921. The van der Waals surface area contributed by atoms with E-state index in [4.69, 9.17) is 4.74 Å². The third kappa shape index (κ3) is 3.77. The van der Waals surface area contributed by atoms with Gasteiger partial charge in [0, 0.05) is 35.9 Å². The number of nitrogens with zero attached hydrogens (tertiary/aromatic N) is 1. The number of nitrogens with one attached hydrogen (secondary N) is 1. The molecule has 1 aromatic heterocycles. The van der Waals surface area contributed by atoms with Crippen molar-refractivity contribution < 1.29 is 14.4 Å². The summed E-state index contributed by atoms with van der Waals surface area (Å²) in [6, 6.07) is 18.0. The lowest BCUT2D eigenvalue weighted by atomic mass is 9.73. The van der Waals surface area contributed by atoms with Crippen LogP contribution >= 0.6 is 0 Å². The molecule has 2 aromatic carbocycles. The molecule has 4 heteroatoms.